The van der Waals surface area contributed by atoms with Gasteiger partial charge in [0, 0.05) is 5.56 Å². The molecule has 0 spiro atoms. The van der Waals surface area contributed by atoms with Crippen LogP contribution in [0.4, 0.5) is 4.39 Å². The Kier molecular flexibility index (Phi) is 3.82. The van der Waals surface area contributed by atoms with Crippen molar-refractivity contribution >= 4 is 0 Å². The molecule has 0 radical (unpaired) electrons. The molecule has 0 aliphatic carbocycles. The number of nitrogens with zero attached hydrogens (tertiary/aromatic N) is 1. The first-order valence-electron chi connectivity index (χ1n) is 6.55. The highest BCUT2D eigenvalue weighted by molar-refractivity contribution is 5.67. The van der Waals surface area contributed by atoms with E-state index in [0.717, 1.165) is 0 Å². The topological polar surface area (TPSA) is 92.0 Å². The zero-order valence-electron chi connectivity index (χ0n) is 12.1. The van der Waals surface area contributed by atoms with Gasteiger partial charge >= 0.3 is 0 Å². The molecule has 1 heterocycles. The maximum absolute atomic E-state index is 13.8. The summed E-state index contributed by atoms with van der Waals surface area (Å²) in [5.74, 6) is -0.961. The van der Waals surface area contributed by atoms with Crippen molar-refractivity contribution in [2.75, 3.05) is 0 Å². The van der Waals surface area contributed by atoms with Crippen LogP contribution in [-0.4, -0.2) is 15.1 Å². The quantitative estimate of drug-likeness (QED) is 0.791. The molecule has 1 atom stereocenters. The van der Waals surface area contributed by atoms with Crippen LogP contribution in [0.25, 0.3) is 11.1 Å². The summed E-state index contributed by atoms with van der Waals surface area (Å²) in [5.41, 5.74) is 4.85. The second-order valence-electron chi connectivity index (χ2n) is 5.97. The van der Waals surface area contributed by atoms with Gasteiger partial charge in [0.15, 0.2) is 0 Å². The van der Waals surface area contributed by atoms with Gasteiger partial charge < -0.3 is 15.8 Å². The van der Waals surface area contributed by atoms with Crippen LogP contribution < -0.4 is 11.3 Å². The molecule has 2 rings (SSSR count). The first-order chi connectivity index (χ1) is 9.71. The fourth-order valence-corrected chi connectivity index (χ4v) is 1.94. The van der Waals surface area contributed by atoms with E-state index in [1.54, 1.807) is 6.07 Å². The van der Waals surface area contributed by atoms with Gasteiger partial charge in [0.1, 0.15) is 17.2 Å². The highest BCUT2D eigenvalue weighted by Crippen LogP contribution is 2.31. The number of hydrogen-bond donors (Lipinski definition) is 3. The van der Waals surface area contributed by atoms with E-state index in [4.69, 9.17) is 5.73 Å². The van der Waals surface area contributed by atoms with Crippen LogP contribution >= 0.6 is 0 Å². The Bertz CT molecular complexity index is 720. The minimum absolute atomic E-state index is 0.000342. The zero-order chi connectivity index (χ0) is 15.8. The molecule has 1 unspecified atom stereocenters. The van der Waals surface area contributed by atoms with E-state index in [9.17, 15) is 14.3 Å². The van der Waals surface area contributed by atoms with Gasteiger partial charge in [0.25, 0.3) is 5.56 Å². The Hall–Kier alpha value is -2.21. The Morgan fingerprint density at radius 2 is 1.95 bits per heavy atom. The lowest BCUT2D eigenvalue weighted by Gasteiger charge is -2.26. The Labute approximate surface area is 121 Å². The number of nitrogens with one attached hydrogen (secondary N) is 1. The Balaban J connectivity index is 2.59. The van der Waals surface area contributed by atoms with Crippen molar-refractivity contribution < 1.29 is 9.50 Å². The molecule has 1 aromatic carbocycles. The van der Waals surface area contributed by atoms with Crippen LogP contribution in [0.5, 0.6) is 5.88 Å². The summed E-state index contributed by atoms with van der Waals surface area (Å²) in [6.07, 6.45) is 0. The summed E-state index contributed by atoms with van der Waals surface area (Å²) in [5, 5.41) is 10.0. The van der Waals surface area contributed by atoms with Crippen LogP contribution in [0.1, 0.15) is 32.6 Å². The monoisotopic (exact) mass is 291 g/mol. The zero-order valence-corrected chi connectivity index (χ0v) is 12.1. The van der Waals surface area contributed by atoms with Crippen molar-refractivity contribution in [3.05, 3.63) is 46.3 Å². The van der Waals surface area contributed by atoms with Crippen molar-refractivity contribution in [2.24, 2.45) is 11.1 Å². The molecule has 4 N–H and O–H groups in total. The van der Waals surface area contributed by atoms with Gasteiger partial charge in [-0.1, -0.05) is 39.0 Å². The number of nitrogens with two attached hydrogens (primary N) is 1. The molecule has 0 amide bonds. The highest BCUT2D eigenvalue weighted by Gasteiger charge is 2.26. The van der Waals surface area contributed by atoms with Crippen molar-refractivity contribution in [2.45, 2.75) is 26.8 Å². The third-order valence-electron chi connectivity index (χ3n) is 3.29. The molecule has 0 aliphatic rings. The van der Waals surface area contributed by atoms with Crippen LogP contribution in [0.2, 0.25) is 0 Å². The van der Waals surface area contributed by atoms with E-state index in [0.29, 0.717) is 0 Å². The molecule has 5 nitrogen and oxygen atoms in total. The van der Waals surface area contributed by atoms with Gasteiger partial charge in [-0.3, -0.25) is 4.79 Å². The first-order valence-corrected chi connectivity index (χ1v) is 6.55. The standard InChI is InChI=1S/C15H18FN3O2/c1-15(2,3)11(17)12-18-13(20)10(14(21)19-12)8-6-4-5-7-9(8)16/h4-7,11H,17H2,1-3H3,(H2,18,19,20,21). The summed E-state index contributed by atoms with van der Waals surface area (Å²) in [7, 11) is 0. The van der Waals surface area contributed by atoms with Crippen molar-refractivity contribution in [1.29, 1.82) is 0 Å². The summed E-state index contributed by atoms with van der Waals surface area (Å²) in [4.78, 5) is 18.6. The lowest BCUT2D eigenvalue weighted by molar-refractivity contribution is 0.311. The van der Waals surface area contributed by atoms with Crippen LogP contribution in [0.3, 0.4) is 0 Å². The number of aromatic amines is 1. The third-order valence-corrected chi connectivity index (χ3v) is 3.29. The van der Waals surface area contributed by atoms with Crippen molar-refractivity contribution in [3.63, 3.8) is 0 Å². The normalized spacial score (nSPS) is 13.2. The second kappa shape index (κ2) is 5.29. The maximum Gasteiger partial charge on any atom is 0.262 e. The molecule has 0 saturated carbocycles. The number of aromatic nitrogens is 2. The number of aromatic hydroxyl groups is 1. The Morgan fingerprint density at radius 3 is 2.48 bits per heavy atom. The smallest absolute Gasteiger partial charge is 0.262 e. The average Bonchev–Trinajstić information content (AvgIpc) is 2.38. The molecule has 21 heavy (non-hydrogen) atoms. The number of halogens is 1. The fourth-order valence-electron chi connectivity index (χ4n) is 1.94. The average molecular weight is 291 g/mol. The predicted molar refractivity (Wildman–Crippen MR) is 78.3 cm³/mol. The fraction of sp³-hybridized carbons (Fsp3) is 0.333. The molecular formula is C15H18FN3O2. The van der Waals surface area contributed by atoms with E-state index in [2.05, 4.69) is 9.97 Å². The largest absolute Gasteiger partial charge is 0.493 e. The molecule has 6 heteroatoms. The van der Waals surface area contributed by atoms with Gasteiger partial charge in [0.05, 0.1) is 6.04 Å². The lowest BCUT2D eigenvalue weighted by Crippen LogP contribution is -2.30. The van der Waals surface area contributed by atoms with E-state index in [1.807, 2.05) is 20.8 Å². The predicted octanol–water partition coefficient (Wildman–Crippen LogP) is 2.33. The van der Waals surface area contributed by atoms with Crippen molar-refractivity contribution in [3.8, 4) is 17.0 Å². The number of rotatable bonds is 2. The van der Waals surface area contributed by atoms with E-state index < -0.39 is 23.3 Å². The second-order valence-corrected chi connectivity index (χ2v) is 5.97. The van der Waals surface area contributed by atoms with Crippen LogP contribution in [-0.2, 0) is 0 Å². The van der Waals surface area contributed by atoms with Gasteiger partial charge in [0.2, 0.25) is 5.88 Å². The summed E-state index contributed by atoms with van der Waals surface area (Å²) in [6, 6.07) is 5.13. The van der Waals surface area contributed by atoms with Crippen LogP contribution in [0, 0.1) is 11.2 Å². The van der Waals surface area contributed by atoms with Crippen molar-refractivity contribution in [1.82, 2.24) is 9.97 Å². The van der Waals surface area contributed by atoms with Gasteiger partial charge in [-0.25, -0.2) is 4.39 Å². The van der Waals surface area contributed by atoms with Gasteiger partial charge in [-0.05, 0) is 11.5 Å². The molecule has 2 aromatic rings. The molecule has 0 fully saturated rings. The first kappa shape index (κ1) is 15.2. The minimum atomic E-state index is -0.623. The van der Waals surface area contributed by atoms with Crippen LogP contribution in [0.15, 0.2) is 29.1 Å². The summed E-state index contributed by atoms with van der Waals surface area (Å²) >= 11 is 0. The lowest BCUT2D eigenvalue weighted by atomic mass is 9.87. The number of benzene rings is 1. The molecule has 0 bridgehead atoms. The highest BCUT2D eigenvalue weighted by atomic mass is 19.1. The molecular weight excluding hydrogens is 273 g/mol. The Morgan fingerprint density at radius 1 is 1.33 bits per heavy atom. The molecule has 0 saturated heterocycles. The van der Waals surface area contributed by atoms with E-state index in [-0.39, 0.29) is 22.4 Å². The summed E-state index contributed by atoms with van der Waals surface area (Å²) in [6.45, 7) is 5.67. The maximum atomic E-state index is 13.8. The van der Waals surface area contributed by atoms with Gasteiger partial charge in [-0.2, -0.15) is 4.98 Å². The number of hydrogen-bond acceptors (Lipinski definition) is 4. The van der Waals surface area contributed by atoms with E-state index >= 15 is 0 Å². The molecule has 112 valence electrons. The molecule has 1 aromatic heterocycles. The van der Waals surface area contributed by atoms with E-state index in [1.165, 1.54) is 18.2 Å². The molecule has 0 aliphatic heterocycles. The SMILES string of the molecule is CC(C)(C)C(N)c1nc(O)c(-c2ccccc2F)c(=O)[nH]1. The summed E-state index contributed by atoms with van der Waals surface area (Å²) < 4.78 is 13.8. The third kappa shape index (κ3) is 2.95. The van der Waals surface area contributed by atoms with Gasteiger partial charge in [-0.15, -0.1) is 0 Å². The number of H-pyrrole nitrogens is 1. The minimum Gasteiger partial charge on any atom is -0.493 e.